The lowest BCUT2D eigenvalue weighted by Gasteiger charge is -2.33. The molecule has 0 unspecified atom stereocenters. The zero-order valence-corrected chi connectivity index (χ0v) is 14.3. The molecule has 0 atom stereocenters. The molecule has 0 amide bonds. The fraction of sp³-hybridized carbons (Fsp3) is 0.600. The third kappa shape index (κ3) is 3.45. The summed E-state index contributed by atoms with van der Waals surface area (Å²) in [6, 6.07) is 2.21. The highest BCUT2D eigenvalue weighted by atomic mass is 35.5. The molecule has 0 spiro atoms. The molecule has 4 nitrogen and oxygen atoms in total. The standard InChI is InChI=1S/C15H21ClFNO3S/c1-10-7-15(13(16)8-14(10)17)22(20,21)18(2)12-5-3-11(9-19)4-6-12/h7-8,11-12,19H,3-6,9H2,1-2H3. The van der Waals surface area contributed by atoms with E-state index >= 15 is 0 Å². The molecule has 1 aromatic carbocycles. The Balaban J connectivity index is 2.25. The third-order valence-corrected chi connectivity index (χ3v) is 6.83. The number of aliphatic hydroxyl groups is 1. The molecule has 22 heavy (non-hydrogen) atoms. The molecule has 1 N–H and O–H groups in total. The van der Waals surface area contributed by atoms with Crippen LogP contribution in [0.2, 0.25) is 5.02 Å². The van der Waals surface area contributed by atoms with Gasteiger partial charge in [-0.3, -0.25) is 0 Å². The van der Waals surface area contributed by atoms with Gasteiger partial charge in [-0.2, -0.15) is 4.31 Å². The van der Waals surface area contributed by atoms with Crippen molar-refractivity contribution in [3.05, 3.63) is 28.5 Å². The first-order valence-corrected chi connectivity index (χ1v) is 9.13. The van der Waals surface area contributed by atoms with Crippen molar-refractivity contribution in [1.29, 1.82) is 0 Å². The lowest BCUT2D eigenvalue weighted by atomic mass is 9.87. The maximum atomic E-state index is 13.5. The van der Waals surface area contributed by atoms with E-state index in [0.29, 0.717) is 12.8 Å². The molecule has 1 saturated carbocycles. The van der Waals surface area contributed by atoms with Gasteiger partial charge in [-0.1, -0.05) is 11.6 Å². The van der Waals surface area contributed by atoms with E-state index in [2.05, 4.69) is 0 Å². The molecule has 1 aromatic rings. The first kappa shape index (κ1) is 17.7. The number of hydrogen-bond acceptors (Lipinski definition) is 3. The van der Waals surface area contributed by atoms with Gasteiger partial charge in [0.15, 0.2) is 0 Å². The van der Waals surface area contributed by atoms with Crippen LogP contribution in [0.5, 0.6) is 0 Å². The summed E-state index contributed by atoms with van der Waals surface area (Å²) in [7, 11) is -2.22. The number of rotatable bonds is 4. The van der Waals surface area contributed by atoms with Gasteiger partial charge < -0.3 is 5.11 Å². The number of nitrogens with zero attached hydrogens (tertiary/aromatic N) is 1. The van der Waals surface area contributed by atoms with E-state index in [0.717, 1.165) is 18.9 Å². The van der Waals surface area contributed by atoms with Crippen LogP contribution in [-0.4, -0.2) is 37.5 Å². The van der Waals surface area contributed by atoms with E-state index in [4.69, 9.17) is 16.7 Å². The average Bonchev–Trinajstić information content (AvgIpc) is 2.50. The largest absolute Gasteiger partial charge is 0.396 e. The number of sulfonamides is 1. The van der Waals surface area contributed by atoms with Crippen molar-refractivity contribution < 1.29 is 17.9 Å². The van der Waals surface area contributed by atoms with E-state index in [1.807, 2.05) is 0 Å². The van der Waals surface area contributed by atoms with Gasteiger partial charge in [0, 0.05) is 19.7 Å². The van der Waals surface area contributed by atoms with Crippen molar-refractivity contribution in [3.8, 4) is 0 Å². The van der Waals surface area contributed by atoms with Gasteiger partial charge in [-0.25, -0.2) is 12.8 Å². The second kappa shape index (κ2) is 6.83. The third-order valence-electron chi connectivity index (χ3n) is 4.46. The highest BCUT2D eigenvalue weighted by Gasteiger charge is 2.32. The quantitative estimate of drug-likeness (QED) is 0.909. The van der Waals surface area contributed by atoms with Crippen molar-refractivity contribution in [2.24, 2.45) is 5.92 Å². The number of benzene rings is 1. The maximum absolute atomic E-state index is 13.5. The molecule has 0 saturated heterocycles. The normalized spacial score (nSPS) is 23.0. The van der Waals surface area contributed by atoms with Crippen LogP contribution >= 0.6 is 11.6 Å². The summed E-state index contributed by atoms with van der Waals surface area (Å²) in [5.74, 6) is -0.265. The van der Waals surface area contributed by atoms with Gasteiger partial charge in [0.1, 0.15) is 10.7 Å². The number of hydrogen-bond donors (Lipinski definition) is 1. The Morgan fingerprint density at radius 1 is 1.32 bits per heavy atom. The highest BCUT2D eigenvalue weighted by molar-refractivity contribution is 7.89. The van der Waals surface area contributed by atoms with E-state index in [1.165, 1.54) is 24.3 Å². The summed E-state index contributed by atoms with van der Waals surface area (Å²) < 4.78 is 40.3. The molecule has 1 fully saturated rings. The molecule has 7 heteroatoms. The topological polar surface area (TPSA) is 57.6 Å². The van der Waals surface area contributed by atoms with Gasteiger partial charge in [0.2, 0.25) is 10.0 Å². The molecule has 124 valence electrons. The minimum Gasteiger partial charge on any atom is -0.396 e. The number of aliphatic hydroxyl groups excluding tert-OH is 1. The van der Waals surface area contributed by atoms with Crippen LogP contribution in [-0.2, 0) is 10.0 Å². The predicted octanol–water partition coefficient (Wildman–Crippen LogP) is 2.96. The van der Waals surface area contributed by atoms with Crippen molar-refractivity contribution in [2.75, 3.05) is 13.7 Å². The predicted molar refractivity (Wildman–Crippen MR) is 83.9 cm³/mol. The van der Waals surface area contributed by atoms with E-state index < -0.39 is 15.8 Å². The Labute approximate surface area is 135 Å². The van der Waals surface area contributed by atoms with Gasteiger partial charge in [-0.15, -0.1) is 0 Å². The second-order valence-electron chi connectivity index (χ2n) is 5.91. The van der Waals surface area contributed by atoms with Crippen molar-refractivity contribution >= 4 is 21.6 Å². The van der Waals surface area contributed by atoms with Crippen LogP contribution in [0.3, 0.4) is 0 Å². The number of halogens is 2. The van der Waals surface area contributed by atoms with Gasteiger partial charge in [0.25, 0.3) is 0 Å². The van der Waals surface area contributed by atoms with Crippen LogP contribution < -0.4 is 0 Å². The Hall–Kier alpha value is -0.690. The molecule has 0 aromatic heterocycles. The first-order valence-electron chi connectivity index (χ1n) is 7.32. The molecular formula is C15H21ClFNO3S. The first-order chi connectivity index (χ1) is 10.3. The number of aryl methyl sites for hydroxylation is 1. The fourth-order valence-corrected chi connectivity index (χ4v) is 4.86. The minimum atomic E-state index is -3.76. The molecule has 0 bridgehead atoms. The summed E-state index contributed by atoms with van der Waals surface area (Å²) in [5.41, 5.74) is 0.250. The smallest absolute Gasteiger partial charge is 0.244 e. The lowest BCUT2D eigenvalue weighted by Crippen LogP contribution is -2.40. The van der Waals surface area contributed by atoms with E-state index in [9.17, 15) is 12.8 Å². The van der Waals surface area contributed by atoms with Gasteiger partial charge in [0.05, 0.1) is 5.02 Å². The van der Waals surface area contributed by atoms with E-state index in [-0.39, 0.29) is 34.0 Å². The summed E-state index contributed by atoms with van der Waals surface area (Å²) in [6.45, 7) is 1.66. The Bertz CT molecular complexity index is 642. The lowest BCUT2D eigenvalue weighted by molar-refractivity contribution is 0.159. The second-order valence-corrected chi connectivity index (χ2v) is 8.28. The highest BCUT2D eigenvalue weighted by Crippen LogP contribution is 2.32. The van der Waals surface area contributed by atoms with Crippen LogP contribution in [0.1, 0.15) is 31.2 Å². The van der Waals surface area contributed by atoms with Crippen molar-refractivity contribution in [3.63, 3.8) is 0 Å². The average molecular weight is 350 g/mol. The molecule has 1 aliphatic carbocycles. The van der Waals surface area contributed by atoms with Gasteiger partial charge >= 0.3 is 0 Å². The zero-order chi connectivity index (χ0) is 16.5. The van der Waals surface area contributed by atoms with E-state index in [1.54, 1.807) is 0 Å². The van der Waals surface area contributed by atoms with Crippen molar-refractivity contribution in [1.82, 2.24) is 4.31 Å². The summed E-state index contributed by atoms with van der Waals surface area (Å²) in [4.78, 5) is -0.0557. The van der Waals surface area contributed by atoms with Crippen LogP contribution in [0.25, 0.3) is 0 Å². The Morgan fingerprint density at radius 3 is 2.45 bits per heavy atom. The monoisotopic (exact) mass is 349 g/mol. The molecule has 0 radical (unpaired) electrons. The zero-order valence-electron chi connectivity index (χ0n) is 12.7. The van der Waals surface area contributed by atoms with Gasteiger partial charge in [-0.05, 0) is 56.2 Å². The Kier molecular flexibility index (Phi) is 5.48. The maximum Gasteiger partial charge on any atom is 0.244 e. The summed E-state index contributed by atoms with van der Waals surface area (Å²) in [5, 5.41) is 9.06. The van der Waals surface area contributed by atoms with Crippen molar-refractivity contribution in [2.45, 2.75) is 43.5 Å². The minimum absolute atomic E-state index is 0.0557. The molecule has 0 aliphatic heterocycles. The molecular weight excluding hydrogens is 329 g/mol. The fourth-order valence-electron chi connectivity index (χ4n) is 2.87. The molecule has 0 heterocycles. The molecule has 2 rings (SSSR count). The SMILES string of the molecule is Cc1cc(S(=O)(=O)N(C)C2CCC(CO)CC2)c(Cl)cc1F. The Morgan fingerprint density at radius 2 is 1.91 bits per heavy atom. The summed E-state index contributed by atoms with van der Waals surface area (Å²) in [6.07, 6.45) is 3.02. The molecule has 1 aliphatic rings. The van der Waals surface area contributed by atoms with Crippen LogP contribution in [0.4, 0.5) is 4.39 Å². The summed E-state index contributed by atoms with van der Waals surface area (Å²) >= 11 is 5.94. The van der Waals surface area contributed by atoms with Crippen LogP contribution in [0, 0.1) is 18.7 Å². The van der Waals surface area contributed by atoms with Crippen LogP contribution in [0.15, 0.2) is 17.0 Å².